The summed E-state index contributed by atoms with van der Waals surface area (Å²) < 4.78 is 8.69. The zero-order valence-electron chi connectivity index (χ0n) is 15.8. The molecule has 5 rings (SSSR count). The summed E-state index contributed by atoms with van der Waals surface area (Å²) in [6.45, 7) is 2.44. The first kappa shape index (κ1) is 17.0. The monoisotopic (exact) mass is 376 g/mol. The molecule has 0 N–H and O–H groups in total. The van der Waals surface area contributed by atoms with Crippen molar-refractivity contribution >= 4 is 16.9 Å². The number of hydrogen-bond acceptors (Lipinski definition) is 4. The third-order valence-electron chi connectivity index (χ3n) is 6.04. The van der Waals surface area contributed by atoms with Crippen LogP contribution in [0.15, 0.2) is 39.9 Å². The summed E-state index contributed by atoms with van der Waals surface area (Å²) in [5.41, 5.74) is 3.38. The van der Waals surface area contributed by atoms with Crippen LogP contribution < -0.4 is 15.9 Å². The Bertz CT molecular complexity index is 1280. The Morgan fingerprint density at radius 3 is 2.75 bits per heavy atom. The van der Waals surface area contributed by atoms with Crippen LogP contribution in [0.3, 0.4) is 0 Å². The number of carbonyl (C=O) groups is 1. The Morgan fingerprint density at radius 2 is 1.93 bits per heavy atom. The third kappa shape index (κ3) is 2.30. The minimum Gasteiger partial charge on any atom is -0.426 e. The minimum absolute atomic E-state index is 0.00820. The van der Waals surface area contributed by atoms with E-state index in [2.05, 4.69) is 6.07 Å². The van der Waals surface area contributed by atoms with Gasteiger partial charge in [-0.2, -0.15) is 0 Å². The van der Waals surface area contributed by atoms with Gasteiger partial charge in [-0.15, -0.1) is 0 Å². The molecule has 6 nitrogen and oxygen atoms in total. The molecule has 0 spiro atoms. The highest BCUT2D eigenvalue weighted by Crippen LogP contribution is 2.37. The molecule has 0 saturated heterocycles. The molecule has 0 amide bonds. The zero-order valence-corrected chi connectivity index (χ0v) is 15.8. The maximum atomic E-state index is 13.4. The molecule has 1 atom stereocenters. The van der Waals surface area contributed by atoms with E-state index in [1.165, 1.54) is 10.1 Å². The number of pyridine rings is 2. The third-order valence-corrected chi connectivity index (χ3v) is 6.04. The van der Waals surface area contributed by atoms with E-state index in [1.807, 2.05) is 22.8 Å². The van der Waals surface area contributed by atoms with Crippen LogP contribution in [0.4, 0.5) is 0 Å². The van der Waals surface area contributed by atoms with Gasteiger partial charge in [-0.25, -0.2) is 0 Å². The van der Waals surface area contributed by atoms with Crippen molar-refractivity contribution in [1.82, 2.24) is 9.13 Å². The smallest absolute Gasteiger partial charge is 0.312 e. The first-order valence-electron chi connectivity index (χ1n) is 9.52. The number of hydrogen-bond donors (Lipinski definition) is 0. The number of ether oxygens (including phenoxy) is 1. The van der Waals surface area contributed by atoms with E-state index in [1.54, 1.807) is 20.0 Å². The van der Waals surface area contributed by atoms with Gasteiger partial charge >= 0.3 is 5.97 Å². The number of benzene rings is 1. The first-order valence-corrected chi connectivity index (χ1v) is 9.52. The molecule has 2 aromatic heterocycles. The van der Waals surface area contributed by atoms with E-state index in [4.69, 9.17) is 4.74 Å². The highest BCUT2D eigenvalue weighted by atomic mass is 16.5. The van der Waals surface area contributed by atoms with Gasteiger partial charge < -0.3 is 13.9 Å². The summed E-state index contributed by atoms with van der Waals surface area (Å²) in [6, 6.07) is 9.59. The van der Waals surface area contributed by atoms with E-state index in [-0.39, 0.29) is 23.3 Å². The van der Waals surface area contributed by atoms with E-state index in [0.29, 0.717) is 23.4 Å². The molecule has 3 aromatic rings. The Hall–Kier alpha value is -3.15. The number of aromatic nitrogens is 2. The first-order chi connectivity index (χ1) is 13.5. The van der Waals surface area contributed by atoms with Crippen molar-refractivity contribution in [3.63, 3.8) is 0 Å². The van der Waals surface area contributed by atoms with Gasteiger partial charge in [0.1, 0.15) is 5.75 Å². The molecular weight excluding hydrogens is 356 g/mol. The lowest BCUT2D eigenvalue weighted by atomic mass is 9.86. The van der Waals surface area contributed by atoms with Crippen LogP contribution >= 0.6 is 0 Å². The molecule has 0 radical (unpaired) electrons. The molecule has 0 fully saturated rings. The fourth-order valence-corrected chi connectivity index (χ4v) is 4.55. The summed E-state index contributed by atoms with van der Waals surface area (Å²) >= 11 is 0. The largest absolute Gasteiger partial charge is 0.426 e. The Kier molecular flexibility index (Phi) is 3.59. The summed E-state index contributed by atoms with van der Waals surface area (Å²) in [5, 5.41) is 0.969. The van der Waals surface area contributed by atoms with Gasteiger partial charge in [0.05, 0.1) is 17.5 Å². The molecule has 1 unspecified atom stereocenters. The van der Waals surface area contributed by atoms with Crippen molar-refractivity contribution in [3.8, 4) is 5.75 Å². The summed E-state index contributed by atoms with van der Waals surface area (Å²) in [5.74, 6) is -0.743. The van der Waals surface area contributed by atoms with Crippen LogP contribution in [-0.2, 0) is 24.8 Å². The zero-order chi connectivity index (χ0) is 19.6. The second-order valence-corrected chi connectivity index (χ2v) is 7.67. The van der Waals surface area contributed by atoms with Gasteiger partial charge in [0.15, 0.2) is 0 Å². The van der Waals surface area contributed by atoms with Crippen LogP contribution in [0, 0.1) is 6.92 Å². The van der Waals surface area contributed by atoms with Crippen LogP contribution in [0.1, 0.15) is 41.1 Å². The van der Waals surface area contributed by atoms with Crippen molar-refractivity contribution in [2.45, 2.75) is 38.6 Å². The molecule has 2 aliphatic rings. The highest BCUT2D eigenvalue weighted by Gasteiger charge is 2.34. The minimum atomic E-state index is -0.596. The number of para-hydroxylation sites is 1. The van der Waals surface area contributed by atoms with Crippen LogP contribution in [0.5, 0.6) is 5.75 Å². The topological polar surface area (TPSA) is 70.3 Å². The number of nitrogens with zero attached hydrogens (tertiary/aromatic N) is 2. The highest BCUT2D eigenvalue weighted by molar-refractivity contribution is 5.84. The van der Waals surface area contributed by atoms with Crippen molar-refractivity contribution < 1.29 is 9.53 Å². The quantitative estimate of drug-likeness (QED) is 0.612. The summed E-state index contributed by atoms with van der Waals surface area (Å²) in [4.78, 5) is 38.6. The van der Waals surface area contributed by atoms with Gasteiger partial charge in [-0.1, -0.05) is 18.2 Å². The maximum absolute atomic E-state index is 13.4. The molecule has 142 valence electrons. The molecule has 1 aromatic carbocycles. The second kappa shape index (κ2) is 5.92. The number of aryl methyl sites for hydroxylation is 3. The fourth-order valence-electron chi connectivity index (χ4n) is 4.55. The van der Waals surface area contributed by atoms with Crippen molar-refractivity contribution in [3.05, 3.63) is 73.4 Å². The van der Waals surface area contributed by atoms with Crippen LogP contribution in [-0.4, -0.2) is 15.1 Å². The number of rotatable bonds is 1. The molecule has 0 saturated carbocycles. The van der Waals surface area contributed by atoms with E-state index < -0.39 is 11.9 Å². The lowest BCUT2D eigenvalue weighted by Gasteiger charge is -2.27. The van der Waals surface area contributed by atoms with E-state index in [9.17, 15) is 14.4 Å². The summed E-state index contributed by atoms with van der Waals surface area (Å²) in [7, 11) is 1.69. The normalized spacial score (nSPS) is 18.1. The Balaban J connectivity index is 1.83. The van der Waals surface area contributed by atoms with Gasteiger partial charge in [0.25, 0.3) is 11.1 Å². The van der Waals surface area contributed by atoms with E-state index in [0.717, 1.165) is 23.7 Å². The van der Waals surface area contributed by atoms with Gasteiger partial charge in [0.2, 0.25) is 0 Å². The average Bonchev–Trinajstić information content (AvgIpc) is 2.68. The standard InChI is InChI=1S/C22H20N2O4/c1-12-9-17-19(22(27)23(12)2)15(11-18(25)28-17)16-10-14-6-3-5-13-7-4-8-24(20(13)14)21(16)26/h3,5-6,9-10,15H,4,7-8,11H2,1-2H3. The molecule has 4 heterocycles. The lowest BCUT2D eigenvalue weighted by molar-refractivity contribution is -0.135. The lowest BCUT2D eigenvalue weighted by Crippen LogP contribution is -2.36. The molecule has 6 heteroatoms. The van der Waals surface area contributed by atoms with Crippen LogP contribution in [0.25, 0.3) is 10.9 Å². The van der Waals surface area contributed by atoms with E-state index >= 15 is 0 Å². The predicted molar refractivity (Wildman–Crippen MR) is 105 cm³/mol. The SMILES string of the molecule is Cc1cc2c(c(=O)n1C)C(c1cc3cccc4c3n(c1=O)CCC4)CC(=O)O2. The summed E-state index contributed by atoms with van der Waals surface area (Å²) in [6.07, 6.45) is 1.85. The molecular formula is C22H20N2O4. The molecule has 0 aliphatic carbocycles. The number of fused-ring (bicyclic) bond motifs is 1. The fraction of sp³-hybridized carbons (Fsp3) is 0.318. The van der Waals surface area contributed by atoms with Crippen LogP contribution in [0.2, 0.25) is 0 Å². The van der Waals surface area contributed by atoms with Crippen molar-refractivity contribution in [1.29, 1.82) is 0 Å². The molecule has 28 heavy (non-hydrogen) atoms. The predicted octanol–water partition coefficient (Wildman–Crippen LogP) is 2.40. The van der Waals surface area contributed by atoms with Crippen molar-refractivity contribution in [2.75, 3.05) is 0 Å². The van der Waals surface area contributed by atoms with Gasteiger partial charge in [-0.3, -0.25) is 14.4 Å². The second-order valence-electron chi connectivity index (χ2n) is 7.67. The number of esters is 1. The molecule has 0 bridgehead atoms. The van der Waals surface area contributed by atoms with Gasteiger partial charge in [0, 0.05) is 36.8 Å². The van der Waals surface area contributed by atoms with Gasteiger partial charge in [-0.05, 0) is 36.8 Å². The number of carbonyl (C=O) groups excluding carboxylic acids is 1. The Morgan fingerprint density at radius 1 is 1.11 bits per heavy atom. The molecule has 2 aliphatic heterocycles. The Labute approximate surface area is 161 Å². The average molecular weight is 376 g/mol. The maximum Gasteiger partial charge on any atom is 0.312 e. The van der Waals surface area contributed by atoms with Crippen molar-refractivity contribution in [2.24, 2.45) is 7.05 Å².